The van der Waals surface area contributed by atoms with Crippen LogP contribution in [0.15, 0.2) is 54.6 Å². The Hall–Kier alpha value is -2.33. The van der Waals surface area contributed by atoms with Crippen molar-refractivity contribution in [1.82, 2.24) is 9.80 Å². The Balaban J connectivity index is 1.53. The average molecular weight is 338 g/mol. The van der Waals surface area contributed by atoms with Crippen LogP contribution in [0.4, 0.5) is 0 Å². The second-order valence-electron chi connectivity index (χ2n) is 6.30. The van der Waals surface area contributed by atoms with E-state index in [1.807, 2.05) is 42.2 Å². The third kappa shape index (κ3) is 4.60. The maximum Gasteiger partial charge on any atom is 0.257 e. The van der Waals surface area contributed by atoms with Gasteiger partial charge in [-0.25, -0.2) is 0 Å². The molecule has 1 fully saturated rings. The molecule has 2 aromatic carbocycles. The average Bonchev–Trinajstić information content (AvgIpc) is 2.68. The van der Waals surface area contributed by atoms with Crippen LogP contribution in [0.5, 0.6) is 5.75 Å². The Morgan fingerprint density at radius 2 is 1.64 bits per heavy atom. The van der Waals surface area contributed by atoms with E-state index in [-0.39, 0.29) is 5.91 Å². The molecule has 0 saturated carbocycles. The van der Waals surface area contributed by atoms with E-state index in [2.05, 4.69) is 29.2 Å². The highest BCUT2D eigenvalue weighted by Crippen LogP contribution is 2.20. The number of nitrogens with zero attached hydrogens (tertiary/aromatic N) is 2. The monoisotopic (exact) mass is 338 g/mol. The van der Waals surface area contributed by atoms with Crippen LogP contribution in [0.25, 0.3) is 0 Å². The summed E-state index contributed by atoms with van der Waals surface area (Å²) >= 11 is 0. The summed E-state index contributed by atoms with van der Waals surface area (Å²) in [7, 11) is 0. The van der Waals surface area contributed by atoms with Gasteiger partial charge in [-0.3, -0.25) is 9.69 Å². The molecule has 0 spiro atoms. The van der Waals surface area contributed by atoms with Gasteiger partial charge in [-0.15, -0.1) is 0 Å². The van der Waals surface area contributed by atoms with Gasteiger partial charge in [0.2, 0.25) is 0 Å². The largest absolute Gasteiger partial charge is 0.493 e. The molecule has 0 bridgehead atoms. The van der Waals surface area contributed by atoms with Crippen molar-refractivity contribution in [3.05, 3.63) is 65.7 Å². The van der Waals surface area contributed by atoms with E-state index in [9.17, 15) is 4.79 Å². The number of carbonyl (C=O) groups is 1. The molecular formula is C21H26N2O2. The predicted octanol–water partition coefficient (Wildman–Crippen LogP) is 3.09. The first-order valence-electron chi connectivity index (χ1n) is 9.05. The van der Waals surface area contributed by atoms with Gasteiger partial charge in [-0.2, -0.15) is 0 Å². The van der Waals surface area contributed by atoms with E-state index in [1.54, 1.807) is 0 Å². The minimum atomic E-state index is 0.0757. The minimum Gasteiger partial charge on any atom is -0.493 e. The lowest BCUT2D eigenvalue weighted by Crippen LogP contribution is -2.49. The van der Waals surface area contributed by atoms with E-state index in [4.69, 9.17) is 4.74 Å². The summed E-state index contributed by atoms with van der Waals surface area (Å²) in [6.45, 7) is 6.94. The SMILES string of the molecule is CCOc1ccccc1C(=O)N1CCN(CCc2ccccc2)CC1. The van der Waals surface area contributed by atoms with Gasteiger partial charge in [0.05, 0.1) is 12.2 Å². The molecule has 1 heterocycles. The Labute approximate surface area is 150 Å². The quantitative estimate of drug-likeness (QED) is 0.811. The maximum atomic E-state index is 12.8. The predicted molar refractivity (Wildman–Crippen MR) is 100 cm³/mol. The summed E-state index contributed by atoms with van der Waals surface area (Å²) in [4.78, 5) is 17.2. The molecule has 4 nitrogen and oxygen atoms in total. The zero-order valence-corrected chi connectivity index (χ0v) is 14.9. The molecule has 1 amide bonds. The fourth-order valence-corrected chi connectivity index (χ4v) is 3.20. The first-order valence-corrected chi connectivity index (χ1v) is 9.05. The van der Waals surface area contributed by atoms with Crippen molar-refractivity contribution in [1.29, 1.82) is 0 Å². The molecule has 0 aliphatic carbocycles. The van der Waals surface area contributed by atoms with Gasteiger partial charge in [-0.1, -0.05) is 42.5 Å². The first-order chi connectivity index (χ1) is 12.3. The lowest BCUT2D eigenvalue weighted by molar-refractivity contribution is 0.0634. The van der Waals surface area contributed by atoms with Gasteiger partial charge >= 0.3 is 0 Å². The summed E-state index contributed by atoms with van der Waals surface area (Å²) in [6.07, 6.45) is 1.06. The van der Waals surface area contributed by atoms with Gasteiger partial charge in [0.1, 0.15) is 5.75 Å². The van der Waals surface area contributed by atoms with Crippen LogP contribution in [-0.2, 0) is 6.42 Å². The highest BCUT2D eigenvalue weighted by molar-refractivity contribution is 5.97. The van der Waals surface area contributed by atoms with E-state index in [0.717, 1.165) is 39.1 Å². The van der Waals surface area contributed by atoms with Gasteiger partial charge in [0, 0.05) is 32.7 Å². The Kier molecular flexibility index (Phi) is 6.07. The molecule has 25 heavy (non-hydrogen) atoms. The number of amides is 1. The van der Waals surface area contributed by atoms with Crippen molar-refractivity contribution in [3.8, 4) is 5.75 Å². The zero-order chi connectivity index (χ0) is 17.5. The Morgan fingerprint density at radius 3 is 2.36 bits per heavy atom. The number of ether oxygens (including phenoxy) is 1. The van der Waals surface area contributed by atoms with Gasteiger partial charge in [0.15, 0.2) is 0 Å². The normalized spacial score (nSPS) is 15.2. The molecule has 0 radical (unpaired) electrons. The molecule has 2 aromatic rings. The van der Waals surface area contributed by atoms with Crippen molar-refractivity contribution in [2.45, 2.75) is 13.3 Å². The fraction of sp³-hybridized carbons (Fsp3) is 0.381. The number of benzene rings is 2. The van der Waals surface area contributed by atoms with E-state index in [1.165, 1.54) is 5.56 Å². The lowest BCUT2D eigenvalue weighted by atomic mass is 10.1. The van der Waals surface area contributed by atoms with E-state index < -0.39 is 0 Å². The molecule has 132 valence electrons. The number of para-hydroxylation sites is 1. The molecule has 3 rings (SSSR count). The minimum absolute atomic E-state index is 0.0757. The molecule has 0 atom stereocenters. The van der Waals surface area contributed by atoms with Gasteiger partial charge < -0.3 is 9.64 Å². The van der Waals surface area contributed by atoms with Crippen molar-refractivity contribution in [2.75, 3.05) is 39.3 Å². The summed E-state index contributed by atoms with van der Waals surface area (Å²) in [5, 5.41) is 0. The molecule has 1 aliphatic rings. The first kappa shape index (κ1) is 17.5. The summed E-state index contributed by atoms with van der Waals surface area (Å²) in [6, 6.07) is 18.1. The Bertz CT molecular complexity index is 679. The number of rotatable bonds is 6. The number of hydrogen-bond acceptors (Lipinski definition) is 3. The summed E-state index contributed by atoms with van der Waals surface area (Å²) in [5.74, 6) is 0.758. The van der Waals surface area contributed by atoms with Gasteiger partial charge in [-0.05, 0) is 31.0 Å². The van der Waals surface area contributed by atoms with Gasteiger partial charge in [0.25, 0.3) is 5.91 Å². The van der Waals surface area contributed by atoms with Crippen LogP contribution < -0.4 is 4.74 Å². The molecule has 0 N–H and O–H groups in total. The molecule has 4 heteroatoms. The van der Waals surface area contributed by atoms with Crippen molar-refractivity contribution in [3.63, 3.8) is 0 Å². The van der Waals surface area contributed by atoms with Crippen LogP contribution in [0.1, 0.15) is 22.8 Å². The summed E-state index contributed by atoms with van der Waals surface area (Å²) in [5.41, 5.74) is 2.04. The molecule has 0 unspecified atom stereocenters. The van der Waals surface area contributed by atoms with Crippen LogP contribution in [0, 0.1) is 0 Å². The van der Waals surface area contributed by atoms with Crippen molar-refractivity contribution in [2.24, 2.45) is 0 Å². The standard InChI is InChI=1S/C21H26N2O2/c1-2-25-20-11-7-6-10-19(20)21(24)23-16-14-22(15-17-23)13-12-18-8-4-3-5-9-18/h3-11H,2,12-17H2,1H3. The zero-order valence-electron chi connectivity index (χ0n) is 14.9. The molecule has 1 saturated heterocycles. The van der Waals surface area contributed by atoms with E-state index >= 15 is 0 Å². The van der Waals surface area contributed by atoms with Crippen molar-refractivity contribution >= 4 is 5.91 Å². The molecular weight excluding hydrogens is 312 g/mol. The topological polar surface area (TPSA) is 32.8 Å². The summed E-state index contributed by atoms with van der Waals surface area (Å²) < 4.78 is 5.60. The maximum absolute atomic E-state index is 12.8. The lowest BCUT2D eigenvalue weighted by Gasteiger charge is -2.35. The third-order valence-electron chi connectivity index (χ3n) is 4.64. The highest BCUT2D eigenvalue weighted by Gasteiger charge is 2.23. The van der Waals surface area contributed by atoms with Crippen LogP contribution >= 0.6 is 0 Å². The third-order valence-corrected chi connectivity index (χ3v) is 4.64. The number of piperazine rings is 1. The molecule has 1 aliphatic heterocycles. The van der Waals surface area contributed by atoms with Crippen LogP contribution in [0.2, 0.25) is 0 Å². The van der Waals surface area contributed by atoms with Crippen LogP contribution in [-0.4, -0.2) is 55.0 Å². The number of carbonyl (C=O) groups excluding carboxylic acids is 1. The smallest absolute Gasteiger partial charge is 0.257 e. The highest BCUT2D eigenvalue weighted by atomic mass is 16.5. The van der Waals surface area contributed by atoms with Crippen LogP contribution in [0.3, 0.4) is 0 Å². The van der Waals surface area contributed by atoms with E-state index in [0.29, 0.717) is 17.9 Å². The second-order valence-corrected chi connectivity index (χ2v) is 6.30. The Morgan fingerprint density at radius 1 is 0.960 bits per heavy atom. The second kappa shape index (κ2) is 8.67. The number of hydrogen-bond donors (Lipinski definition) is 0. The van der Waals surface area contributed by atoms with Crippen molar-refractivity contribution < 1.29 is 9.53 Å². The fourth-order valence-electron chi connectivity index (χ4n) is 3.20. The molecule has 0 aromatic heterocycles.